The molecule has 0 aromatic heterocycles. The summed E-state index contributed by atoms with van der Waals surface area (Å²) in [7, 11) is -2.26. The molecule has 0 saturated carbocycles. The third-order valence-electron chi connectivity index (χ3n) is 6.49. The Hall–Kier alpha value is -2.81. The van der Waals surface area contributed by atoms with Crippen LogP contribution in [-0.2, 0) is 17.4 Å². The molecule has 8 nitrogen and oxygen atoms in total. The summed E-state index contributed by atoms with van der Waals surface area (Å²) in [4.78, 5) is 38.2. The van der Waals surface area contributed by atoms with Crippen LogP contribution in [0.3, 0.4) is 0 Å². The monoisotopic (exact) mass is 664 g/mol. The van der Waals surface area contributed by atoms with E-state index in [0.717, 1.165) is 0 Å². The molecule has 0 heterocycles. The number of aryl methyl sites for hydroxylation is 2. The van der Waals surface area contributed by atoms with Gasteiger partial charge in [0.2, 0.25) is 0 Å². The van der Waals surface area contributed by atoms with Crippen LogP contribution in [0.25, 0.3) is 0 Å². The Kier molecular flexibility index (Phi) is 13.4. The van der Waals surface area contributed by atoms with Gasteiger partial charge in [-0.25, -0.2) is 4.57 Å². The van der Waals surface area contributed by atoms with Crippen molar-refractivity contribution in [3.05, 3.63) is 117 Å². The van der Waals surface area contributed by atoms with E-state index in [-0.39, 0.29) is 77.0 Å². The first-order valence-electron chi connectivity index (χ1n) is 13.2. The average Bonchev–Trinajstić information content (AvgIpc) is 2.99. The SMILES string of the molecule is COc1ccc(CCC(=O)c2ccc(Cl)cc2)cc1OP(=O)([O-])Oc1cc(CCC(=O)c2ccc(Cl)cc2)ccc1OC.[Na+]. The molecule has 0 amide bonds. The average molecular weight is 665 g/mol. The number of Topliss-reactive ketones (excluding diaryl/α,β-unsaturated/α-hetero) is 2. The van der Waals surface area contributed by atoms with Gasteiger partial charge in [-0.1, -0.05) is 35.3 Å². The van der Waals surface area contributed by atoms with E-state index >= 15 is 0 Å². The van der Waals surface area contributed by atoms with Crippen LogP contribution in [0.4, 0.5) is 0 Å². The first-order chi connectivity index (χ1) is 20.6. The molecule has 44 heavy (non-hydrogen) atoms. The smallest absolute Gasteiger partial charge is 0.736 e. The molecule has 224 valence electrons. The van der Waals surface area contributed by atoms with Crippen LogP contribution < -0.4 is 53.0 Å². The molecular weight excluding hydrogens is 637 g/mol. The maximum atomic E-state index is 13.0. The largest absolute Gasteiger partial charge is 1.00 e. The standard InChI is InChI=1S/C32H29Cl2O8P.Na/c1-39-29-17-5-21(3-15-27(35)23-7-11-25(33)12-8-23)19-31(29)41-43(37,38)42-32-20-22(6-18-30(32)40-2)4-16-28(36)24-9-13-26(34)14-10-24;/h5-14,17-20H,3-4,15-16H2,1-2H3,(H,37,38);/q;+1/p-1. The van der Waals surface area contributed by atoms with Gasteiger partial charge < -0.3 is 23.4 Å². The van der Waals surface area contributed by atoms with Crippen molar-refractivity contribution >= 4 is 42.6 Å². The number of halogens is 2. The van der Waals surface area contributed by atoms with E-state index < -0.39 is 7.82 Å². The molecule has 0 bridgehead atoms. The number of carbonyl (C=O) groups excluding carboxylic acids is 2. The summed E-state index contributed by atoms with van der Waals surface area (Å²) in [6, 6.07) is 22.7. The number of phosphoric acid groups is 1. The van der Waals surface area contributed by atoms with Crippen LogP contribution in [0.15, 0.2) is 84.9 Å². The fourth-order valence-corrected chi connectivity index (χ4v) is 5.29. The summed E-state index contributed by atoms with van der Waals surface area (Å²) in [5.74, 6) is -0.0473. The number of rotatable bonds is 14. The van der Waals surface area contributed by atoms with Crippen molar-refractivity contribution in [1.29, 1.82) is 0 Å². The van der Waals surface area contributed by atoms with Crippen molar-refractivity contribution in [2.24, 2.45) is 0 Å². The molecule has 0 aliphatic carbocycles. The zero-order valence-electron chi connectivity index (χ0n) is 24.4. The van der Waals surface area contributed by atoms with E-state index in [4.69, 9.17) is 41.7 Å². The van der Waals surface area contributed by atoms with Crippen molar-refractivity contribution in [3.8, 4) is 23.0 Å². The third kappa shape index (κ3) is 10.1. The second-order valence-electron chi connectivity index (χ2n) is 9.46. The number of methoxy groups -OCH3 is 2. The second-order valence-corrected chi connectivity index (χ2v) is 11.6. The number of hydrogen-bond donors (Lipinski definition) is 0. The Morgan fingerprint density at radius 2 is 1.00 bits per heavy atom. The van der Waals surface area contributed by atoms with E-state index in [1.807, 2.05) is 0 Å². The Labute approximate surface area is 288 Å². The Bertz CT molecular complexity index is 1530. The van der Waals surface area contributed by atoms with E-state index in [1.165, 1.54) is 26.4 Å². The van der Waals surface area contributed by atoms with Gasteiger partial charge >= 0.3 is 37.4 Å². The van der Waals surface area contributed by atoms with E-state index in [1.54, 1.807) is 72.8 Å². The second kappa shape index (κ2) is 16.5. The fourth-order valence-electron chi connectivity index (χ4n) is 4.23. The van der Waals surface area contributed by atoms with E-state index in [2.05, 4.69) is 0 Å². The summed E-state index contributed by atoms with van der Waals surface area (Å²) in [5.41, 5.74) is 2.36. The summed E-state index contributed by atoms with van der Waals surface area (Å²) in [6.07, 6.45) is 1.03. The van der Waals surface area contributed by atoms with Crippen molar-refractivity contribution in [2.45, 2.75) is 25.7 Å². The van der Waals surface area contributed by atoms with Gasteiger partial charge in [-0.3, -0.25) is 9.59 Å². The van der Waals surface area contributed by atoms with Crippen LogP contribution >= 0.6 is 31.0 Å². The van der Waals surface area contributed by atoms with E-state index in [9.17, 15) is 19.0 Å². The molecule has 0 spiro atoms. The summed E-state index contributed by atoms with van der Waals surface area (Å²) in [5, 5.41) is 1.07. The Morgan fingerprint density at radius 3 is 1.34 bits per heavy atom. The molecule has 0 N–H and O–H groups in total. The Balaban J connectivity index is 0.00000529. The van der Waals surface area contributed by atoms with Gasteiger partial charge in [0.1, 0.15) is 0 Å². The van der Waals surface area contributed by atoms with Gasteiger partial charge in [0.05, 0.1) is 14.2 Å². The minimum Gasteiger partial charge on any atom is -0.736 e. The van der Waals surface area contributed by atoms with Gasteiger partial charge in [-0.15, -0.1) is 0 Å². The maximum Gasteiger partial charge on any atom is 1.00 e. The van der Waals surface area contributed by atoms with Gasteiger partial charge in [0.25, 0.3) is 0 Å². The molecule has 0 atom stereocenters. The zero-order chi connectivity index (χ0) is 31.0. The van der Waals surface area contributed by atoms with Gasteiger partial charge in [-0.05, 0) is 96.8 Å². The number of ether oxygens (including phenoxy) is 2. The molecule has 4 aromatic rings. The predicted molar refractivity (Wildman–Crippen MR) is 163 cm³/mol. The number of benzene rings is 4. The predicted octanol–water partition coefficient (Wildman–Crippen LogP) is 4.57. The molecule has 0 unspecified atom stereocenters. The topological polar surface area (TPSA) is 111 Å². The summed E-state index contributed by atoms with van der Waals surface area (Å²) in [6.45, 7) is 0. The minimum atomic E-state index is -5.01. The first kappa shape index (κ1) is 35.7. The van der Waals surface area contributed by atoms with Crippen LogP contribution in [-0.4, -0.2) is 25.8 Å². The van der Waals surface area contributed by atoms with Crippen molar-refractivity contribution in [2.75, 3.05) is 14.2 Å². The molecule has 12 heteroatoms. The van der Waals surface area contributed by atoms with Crippen molar-refractivity contribution < 1.29 is 67.1 Å². The van der Waals surface area contributed by atoms with Crippen molar-refractivity contribution in [1.82, 2.24) is 0 Å². The maximum absolute atomic E-state index is 13.0. The Morgan fingerprint density at radius 1 is 0.636 bits per heavy atom. The van der Waals surface area contributed by atoms with Crippen LogP contribution in [0.5, 0.6) is 23.0 Å². The van der Waals surface area contributed by atoms with Crippen molar-refractivity contribution in [3.63, 3.8) is 0 Å². The van der Waals surface area contributed by atoms with Crippen LogP contribution in [0.1, 0.15) is 44.7 Å². The number of phosphoric ester groups is 1. The van der Waals surface area contributed by atoms with Gasteiger partial charge in [0, 0.05) is 34.0 Å². The zero-order valence-corrected chi connectivity index (χ0v) is 28.8. The minimum absolute atomic E-state index is 0. The summed E-state index contributed by atoms with van der Waals surface area (Å²) >= 11 is 11.8. The van der Waals surface area contributed by atoms with Gasteiger partial charge in [-0.2, -0.15) is 0 Å². The molecule has 4 aromatic carbocycles. The molecule has 0 aliphatic heterocycles. The third-order valence-corrected chi connectivity index (χ3v) is 7.83. The summed E-state index contributed by atoms with van der Waals surface area (Å²) < 4.78 is 34.2. The molecule has 0 saturated heterocycles. The molecular formula is C32H28Cl2NaO8P. The molecule has 0 aliphatic rings. The van der Waals surface area contributed by atoms with Crippen LogP contribution in [0, 0.1) is 0 Å². The normalized spacial score (nSPS) is 10.8. The first-order valence-corrected chi connectivity index (χ1v) is 15.4. The van der Waals surface area contributed by atoms with E-state index in [0.29, 0.717) is 45.1 Å². The molecule has 4 rings (SSSR count). The fraction of sp³-hybridized carbons (Fsp3) is 0.188. The number of hydrogen-bond acceptors (Lipinski definition) is 8. The molecule has 0 fully saturated rings. The van der Waals surface area contributed by atoms with Crippen LogP contribution in [0.2, 0.25) is 10.0 Å². The number of ketones is 2. The molecule has 0 radical (unpaired) electrons. The number of carbonyl (C=O) groups is 2. The quantitative estimate of drug-likeness (QED) is 0.110. The van der Waals surface area contributed by atoms with Gasteiger partial charge in [0.15, 0.2) is 34.6 Å².